The zero-order chi connectivity index (χ0) is 24.1. The van der Waals surface area contributed by atoms with Crippen molar-refractivity contribution in [1.82, 2.24) is 10.6 Å². The monoisotopic (exact) mass is 479 g/mol. The van der Waals surface area contributed by atoms with Crippen molar-refractivity contribution in [2.24, 2.45) is 5.16 Å². The van der Waals surface area contributed by atoms with E-state index in [4.69, 9.17) is 21.2 Å². The van der Waals surface area contributed by atoms with Gasteiger partial charge in [-0.25, -0.2) is 4.79 Å². The highest BCUT2D eigenvalue weighted by Crippen LogP contribution is 2.37. The zero-order valence-electron chi connectivity index (χ0n) is 18.6. The molecule has 1 aliphatic rings. The van der Waals surface area contributed by atoms with Gasteiger partial charge in [-0.3, -0.25) is 4.79 Å². The highest BCUT2D eigenvalue weighted by molar-refractivity contribution is 6.33. The summed E-state index contributed by atoms with van der Waals surface area (Å²) in [5.41, 5.74) is 0.340. The number of ether oxygens (including phenoxy) is 1. The Morgan fingerprint density at radius 2 is 1.94 bits per heavy atom. The molecule has 1 amide bonds. The summed E-state index contributed by atoms with van der Waals surface area (Å²) in [5, 5.41) is 30.1. The fourth-order valence-corrected chi connectivity index (χ4v) is 3.23. The van der Waals surface area contributed by atoms with Crippen LogP contribution in [0.5, 0.6) is 11.5 Å². The molecule has 33 heavy (non-hydrogen) atoms. The molecule has 0 aliphatic carbocycles. The number of nitrogens with one attached hydrogen (secondary N) is 2. The average Bonchev–Trinajstić information content (AvgIpc) is 2.78. The normalized spacial score (nSPS) is 18.0. The maximum atomic E-state index is 12.6. The first-order valence-corrected chi connectivity index (χ1v) is 11.2. The van der Waals surface area contributed by atoms with Crippen LogP contribution in [0.4, 0.5) is 0 Å². The predicted molar refractivity (Wildman–Crippen MR) is 126 cm³/mol. The molecule has 0 atom stereocenters. The second-order valence-electron chi connectivity index (χ2n) is 7.19. The second kappa shape index (κ2) is 14.2. The molecule has 0 bridgehead atoms. The topological polar surface area (TPSA) is 129 Å². The minimum atomic E-state index is -0.765. The summed E-state index contributed by atoms with van der Waals surface area (Å²) < 4.78 is 5.25. The van der Waals surface area contributed by atoms with Crippen LogP contribution in [0.25, 0.3) is 0 Å². The molecule has 180 valence electrons. The van der Waals surface area contributed by atoms with E-state index in [0.717, 1.165) is 25.5 Å². The van der Waals surface area contributed by atoms with Gasteiger partial charge >= 0.3 is 5.97 Å². The van der Waals surface area contributed by atoms with Crippen LogP contribution in [0.2, 0.25) is 5.02 Å². The first-order valence-electron chi connectivity index (χ1n) is 10.8. The van der Waals surface area contributed by atoms with Crippen molar-refractivity contribution in [2.75, 3.05) is 32.8 Å². The number of benzene rings is 1. The number of phenolic OH excluding ortho intramolecular Hbond substituents is 2. The van der Waals surface area contributed by atoms with E-state index in [9.17, 15) is 19.8 Å². The molecule has 1 aromatic carbocycles. The summed E-state index contributed by atoms with van der Waals surface area (Å²) in [5.74, 6) is -1.93. The maximum absolute atomic E-state index is 12.6. The van der Waals surface area contributed by atoms with E-state index in [-0.39, 0.29) is 47.4 Å². The van der Waals surface area contributed by atoms with Crippen LogP contribution in [0.15, 0.2) is 35.5 Å². The zero-order valence-corrected chi connectivity index (χ0v) is 19.4. The molecule has 4 N–H and O–H groups in total. The summed E-state index contributed by atoms with van der Waals surface area (Å²) in [4.78, 5) is 29.7. The number of carbonyl (C=O) groups is 2. The van der Waals surface area contributed by atoms with Gasteiger partial charge in [-0.1, -0.05) is 41.9 Å². The van der Waals surface area contributed by atoms with E-state index in [2.05, 4.69) is 15.8 Å². The summed E-state index contributed by atoms with van der Waals surface area (Å²) >= 11 is 6.26. The number of allylic oxidation sites excluding steroid dienone is 3. The Morgan fingerprint density at radius 1 is 1.18 bits per heavy atom. The van der Waals surface area contributed by atoms with Crippen molar-refractivity contribution in [1.29, 1.82) is 0 Å². The van der Waals surface area contributed by atoms with E-state index in [1.54, 1.807) is 6.08 Å². The Morgan fingerprint density at radius 3 is 2.73 bits per heavy atom. The van der Waals surface area contributed by atoms with Gasteiger partial charge in [0.1, 0.15) is 17.1 Å². The standard InChI is InChI=1S/C23H30ClN3O6/c1-2-25-10-11-26-20(30)15-33-27-16-9-7-5-3-4-6-8-12-32-23(31)21-17(13-16)22(24)19(29)14-18(21)28/h4,6-7,9,14,25,28-29H,2-3,5,8,10-13,15H2,1H3,(H,26,30)/b6-4+,9-7+,27-16+. The van der Waals surface area contributed by atoms with Crippen LogP contribution < -0.4 is 10.6 Å². The number of halogens is 1. The molecule has 0 radical (unpaired) electrons. The van der Waals surface area contributed by atoms with Gasteiger partial charge in [0.25, 0.3) is 5.91 Å². The summed E-state index contributed by atoms with van der Waals surface area (Å²) in [6.07, 6.45) is 9.46. The Labute approximate surface area is 198 Å². The number of rotatable bonds is 7. The molecule has 0 aromatic heterocycles. The van der Waals surface area contributed by atoms with Crippen molar-refractivity contribution < 1.29 is 29.4 Å². The van der Waals surface area contributed by atoms with Gasteiger partial charge in [-0.15, -0.1) is 0 Å². The molecular formula is C23H30ClN3O6. The number of likely N-dealkylation sites (N-methyl/N-ethyl adjacent to an activating group) is 1. The quantitative estimate of drug-likeness (QED) is 0.205. The Bertz CT molecular complexity index is 914. The van der Waals surface area contributed by atoms with Crippen molar-refractivity contribution in [2.45, 2.75) is 32.6 Å². The molecule has 0 spiro atoms. The predicted octanol–water partition coefficient (Wildman–Crippen LogP) is 2.85. The van der Waals surface area contributed by atoms with Gasteiger partial charge in [-0.05, 0) is 37.4 Å². The lowest BCUT2D eigenvalue weighted by Crippen LogP contribution is -2.33. The Hall–Kier alpha value is -3.04. The summed E-state index contributed by atoms with van der Waals surface area (Å²) in [7, 11) is 0. The van der Waals surface area contributed by atoms with Crippen LogP contribution in [0.3, 0.4) is 0 Å². The van der Waals surface area contributed by atoms with Crippen molar-refractivity contribution in [3.05, 3.63) is 46.5 Å². The first-order chi connectivity index (χ1) is 15.9. The number of amides is 1. The molecule has 1 aliphatic heterocycles. The molecule has 2 rings (SSSR count). The smallest absolute Gasteiger partial charge is 0.342 e. The third-order valence-electron chi connectivity index (χ3n) is 4.63. The lowest BCUT2D eigenvalue weighted by Gasteiger charge is -2.14. The molecule has 1 heterocycles. The largest absolute Gasteiger partial charge is 0.507 e. The number of hydrogen-bond acceptors (Lipinski definition) is 8. The lowest BCUT2D eigenvalue weighted by atomic mass is 9.99. The van der Waals surface area contributed by atoms with Gasteiger partial charge < -0.3 is 30.4 Å². The molecule has 10 heteroatoms. The Kier molecular flexibility index (Phi) is 11.3. The average molecular weight is 480 g/mol. The van der Waals surface area contributed by atoms with Crippen molar-refractivity contribution >= 4 is 29.2 Å². The van der Waals surface area contributed by atoms with Crippen LogP contribution in [0.1, 0.15) is 42.1 Å². The van der Waals surface area contributed by atoms with E-state index in [0.29, 0.717) is 25.2 Å². The van der Waals surface area contributed by atoms with Crippen molar-refractivity contribution in [3.63, 3.8) is 0 Å². The van der Waals surface area contributed by atoms with Crippen LogP contribution in [-0.2, 0) is 20.8 Å². The number of esters is 1. The van der Waals surface area contributed by atoms with Gasteiger partial charge in [0.05, 0.1) is 17.3 Å². The number of aromatic hydroxyl groups is 2. The fraction of sp³-hybridized carbons (Fsp3) is 0.435. The van der Waals surface area contributed by atoms with Gasteiger partial charge in [0.15, 0.2) is 6.61 Å². The summed E-state index contributed by atoms with van der Waals surface area (Å²) in [6.45, 7) is 3.73. The summed E-state index contributed by atoms with van der Waals surface area (Å²) in [6, 6.07) is 0.992. The third-order valence-corrected chi connectivity index (χ3v) is 5.05. The lowest BCUT2D eigenvalue weighted by molar-refractivity contribution is -0.125. The minimum Gasteiger partial charge on any atom is -0.507 e. The Balaban J connectivity index is 2.25. The number of nitrogens with zero attached hydrogens (tertiary/aromatic N) is 1. The van der Waals surface area contributed by atoms with Gasteiger partial charge in [0, 0.05) is 25.6 Å². The molecule has 9 nitrogen and oxygen atoms in total. The van der Waals surface area contributed by atoms with Crippen molar-refractivity contribution in [3.8, 4) is 11.5 Å². The minimum absolute atomic E-state index is 0.0421. The first kappa shape index (κ1) is 26.2. The number of fused-ring (bicyclic) bond motifs is 1. The van der Waals surface area contributed by atoms with Crippen LogP contribution in [-0.4, -0.2) is 60.6 Å². The van der Waals surface area contributed by atoms with E-state index in [1.165, 1.54) is 0 Å². The van der Waals surface area contributed by atoms with Gasteiger partial charge in [-0.2, -0.15) is 0 Å². The maximum Gasteiger partial charge on any atom is 0.342 e. The third kappa shape index (κ3) is 8.78. The van der Waals surface area contributed by atoms with E-state index >= 15 is 0 Å². The molecule has 0 fully saturated rings. The fourth-order valence-electron chi connectivity index (χ4n) is 3.01. The molecule has 0 saturated carbocycles. The SMILES string of the molecule is CCNCCNC(=O)CO/N=C1\C=C\CC/C=C/CCOC(=O)c2c(O)cc(O)c(Cl)c2C1. The van der Waals surface area contributed by atoms with E-state index < -0.39 is 11.7 Å². The number of oxime groups is 1. The number of cyclic esters (lactones) is 1. The molecule has 1 aromatic rings. The number of hydrogen-bond donors (Lipinski definition) is 4. The molecule has 0 unspecified atom stereocenters. The molecular weight excluding hydrogens is 450 g/mol. The van der Waals surface area contributed by atoms with Crippen LogP contribution >= 0.6 is 11.6 Å². The second-order valence-corrected chi connectivity index (χ2v) is 7.57. The number of phenols is 2. The van der Waals surface area contributed by atoms with E-state index in [1.807, 2.05) is 25.2 Å². The molecule has 0 saturated heterocycles. The number of carbonyl (C=O) groups excluding carboxylic acids is 2. The highest BCUT2D eigenvalue weighted by atomic mass is 35.5. The highest BCUT2D eigenvalue weighted by Gasteiger charge is 2.24. The van der Waals surface area contributed by atoms with Crippen LogP contribution in [0, 0.1) is 0 Å². The van der Waals surface area contributed by atoms with Gasteiger partial charge in [0.2, 0.25) is 0 Å².